The number of carbonyl (C=O) groups excluding carboxylic acids is 1. The Balaban J connectivity index is 2.02. The molecule has 1 saturated heterocycles. The third-order valence-corrected chi connectivity index (χ3v) is 3.91. The van der Waals surface area contributed by atoms with Gasteiger partial charge in [0.15, 0.2) is 5.78 Å². The Kier molecular flexibility index (Phi) is 6.16. The highest BCUT2D eigenvalue weighted by Gasteiger charge is 2.26. The van der Waals surface area contributed by atoms with E-state index in [-0.39, 0.29) is 11.8 Å². The number of piperazine rings is 1. The van der Waals surface area contributed by atoms with Gasteiger partial charge in [0.2, 0.25) is 0 Å². The monoisotopic (exact) mass is 302 g/mol. The summed E-state index contributed by atoms with van der Waals surface area (Å²) in [6.45, 7) is 12.1. The lowest BCUT2D eigenvalue weighted by atomic mass is 10.00. The standard InChI is InChI=1S/C18H26N2O2/c1-4-17(20-11-9-19-10-12-20)18(21)15-5-7-16(8-6-15)22-13-14(2)3/h5-8,17,19H,2,4,9-13H2,1,3H3. The number of Topliss-reactive ketones (excluding diaryl/α,β-unsaturated/α-hetero) is 1. The maximum atomic E-state index is 12.7. The van der Waals surface area contributed by atoms with E-state index in [9.17, 15) is 4.79 Å². The summed E-state index contributed by atoms with van der Waals surface area (Å²) in [4.78, 5) is 15.0. The van der Waals surface area contributed by atoms with Crippen LogP contribution < -0.4 is 10.1 Å². The summed E-state index contributed by atoms with van der Waals surface area (Å²) in [5.41, 5.74) is 1.73. The first-order valence-corrected chi connectivity index (χ1v) is 7.98. The Hall–Kier alpha value is -1.65. The molecule has 1 aromatic rings. The zero-order valence-electron chi connectivity index (χ0n) is 13.6. The van der Waals surface area contributed by atoms with Gasteiger partial charge in [-0.05, 0) is 43.2 Å². The summed E-state index contributed by atoms with van der Waals surface area (Å²) >= 11 is 0. The van der Waals surface area contributed by atoms with Crippen molar-refractivity contribution in [2.24, 2.45) is 0 Å². The molecule has 22 heavy (non-hydrogen) atoms. The number of benzene rings is 1. The highest BCUT2D eigenvalue weighted by Crippen LogP contribution is 2.17. The van der Waals surface area contributed by atoms with Gasteiger partial charge < -0.3 is 10.1 Å². The Bertz CT molecular complexity index is 504. The number of hydrogen-bond acceptors (Lipinski definition) is 4. The Morgan fingerprint density at radius 3 is 2.50 bits per heavy atom. The molecule has 0 saturated carbocycles. The number of carbonyl (C=O) groups is 1. The predicted octanol–water partition coefficient (Wildman–Crippen LogP) is 2.51. The Labute approximate surface area is 133 Å². The second-order valence-corrected chi connectivity index (χ2v) is 5.84. The Morgan fingerprint density at radius 2 is 1.95 bits per heavy atom. The van der Waals surface area contributed by atoms with E-state index in [1.54, 1.807) is 0 Å². The maximum Gasteiger partial charge on any atom is 0.179 e. The van der Waals surface area contributed by atoms with Crippen molar-refractivity contribution in [2.75, 3.05) is 32.8 Å². The van der Waals surface area contributed by atoms with E-state index in [1.165, 1.54) is 0 Å². The number of nitrogens with zero attached hydrogens (tertiary/aromatic N) is 1. The van der Waals surface area contributed by atoms with Crippen molar-refractivity contribution in [2.45, 2.75) is 26.3 Å². The van der Waals surface area contributed by atoms with E-state index in [0.717, 1.165) is 49.5 Å². The van der Waals surface area contributed by atoms with E-state index in [1.807, 2.05) is 31.2 Å². The molecular weight excluding hydrogens is 276 g/mol. The molecule has 1 heterocycles. The summed E-state index contributed by atoms with van der Waals surface area (Å²) < 4.78 is 5.58. The molecule has 1 fully saturated rings. The summed E-state index contributed by atoms with van der Waals surface area (Å²) in [5, 5.41) is 3.33. The van der Waals surface area contributed by atoms with Crippen LogP contribution in [0.4, 0.5) is 0 Å². The van der Waals surface area contributed by atoms with Gasteiger partial charge >= 0.3 is 0 Å². The molecule has 2 rings (SSSR count). The second-order valence-electron chi connectivity index (χ2n) is 5.84. The second kappa shape index (κ2) is 8.11. The van der Waals surface area contributed by atoms with Crippen molar-refractivity contribution in [3.63, 3.8) is 0 Å². The molecule has 1 atom stereocenters. The first kappa shape index (κ1) is 16.7. The first-order chi connectivity index (χ1) is 10.6. The van der Waals surface area contributed by atoms with E-state index in [4.69, 9.17) is 4.74 Å². The van der Waals surface area contributed by atoms with Crippen LogP contribution in [0.15, 0.2) is 36.4 Å². The van der Waals surface area contributed by atoms with E-state index < -0.39 is 0 Å². The third kappa shape index (κ3) is 4.42. The Morgan fingerprint density at radius 1 is 1.32 bits per heavy atom. The lowest BCUT2D eigenvalue weighted by molar-refractivity contribution is 0.0790. The highest BCUT2D eigenvalue weighted by atomic mass is 16.5. The summed E-state index contributed by atoms with van der Waals surface area (Å²) in [5.74, 6) is 0.977. The van der Waals surface area contributed by atoms with Gasteiger partial charge in [-0.3, -0.25) is 9.69 Å². The van der Waals surface area contributed by atoms with Crippen LogP contribution in [-0.2, 0) is 0 Å². The number of hydrogen-bond donors (Lipinski definition) is 1. The van der Waals surface area contributed by atoms with Gasteiger partial charge in [0.05, 0.1) is 6.04 Å². The molecule has 0 bridgehead atoms. The molecular formula is C18H26N2O2. The van der Waals surface area contributed by atoms with Crippen LogP contribution in [0.1, 0.15) is 30.6 Å². The van der Waals surface area contributed by atoms with Gasteiger partial charge in [0.25, 0.3) is 0 Å². The van der Waals surface area contributed by atoms with Crippen LogP contribution in [0.25, 0.3) is 0 Å². The topological polar surface area (TPSA) is 41.6 Å². The van der Waals surface area contributed by atoms with Crippen molar-refractivity contribution < 1.29 is 9.53 Å². The molecule has 4 nitrogen and oxygen atoms in total. The van der Waals surface area contributed by atoms with E-state index >= 15 is 0 Å². The van der Waals surface area contributed by atoms with Crippen LogP contribution in [0.5, 0.6) is 5.75 Å². The van der Waals surface area contributed by atoms with Crippen LogP contribution in [0.2, 0.25) is 0 Å². The van der Waals surface area contributed by atoms with Crippen LogP contribution in [0, 0.1) is 0 Å². The van der Waals surface area contributed by atoms with Gasteiger partial charge in [-0.1, -0.05) is 13.5 Å². The zero-order valence-corrected chi connectivity index (χ0v) is 13.6. The molecule has 4 heteroatoms. The minimum atomic E-state index is -0.0238. The van der Waals surface area contributed by atoms with Gasteiger partial charge in [0, 0.05) is 31.7 Å². The SMILES string of the molecule is C=C(C)COc1ccc(C(=O)C(CC)N2CCNCC2)cc1. The molecule has 1 unspecified atom stereocenters. The smallest absolute Gasteiger partial charge is 0.179 e. The van der Waals surface area contributed by atoms with Crippen molar-refractivity contribution in [1.82, 2.24) is 10.2 Å². The van der Waals surface area contributed by atoms with Crippen LogP contribution in [0.3, 0.4) is 0 Å². The average Bonchev–Trinajstić information content (AvgIpc) is 2.55. The van der Waals surface area contributed by atoms with Crippen molar-refractivity contribution in [3.8, 4) is 5.75 Å². The van der Waals surface area contributed by atoms with Gasteiger partial charge in [-0.2, -0.15) is 0 Å². The molecule has 0 amide bonds. The van der Waals surface area contributed by atoms with Gasteiger partial charge in [-0.15, -0.1) is 0 Å². The lowest BCUT2D eigenvalue weighted by Gasteiger charge is -2.33. The number of ketones is 1. The fourth-order valence-electron chi connectivity index (χ4n) is 2.72. The molecule has 0 spiro atoms. The molecule has 1 aromatic carbocycles. The zero-order chi connectivity index (χ0) is 15.9. The highest BCUT2D eigenvalue weighted by molar-refractivity contribution is 6.00. The maximum absolute atomic E-state index is 12.7. The minimum absolute atomic E-state index is 0.0238. The molecule has 0 aromatic heterocycles. The number of nitrogens with one attached hydrogen (secondary N) is 1. The number of ether oxygens (including phenoxy) is 1. The van der Waals surface area contributed by atoms with E-state index in [2.05, 4.69) is 23.7 Å². The third-order valence-electron chi connectivity index (χ3n) is 3.91. The molecule has 1 N–H and O–H groups in total. The minimum Gasteiger partial charge on any atom is -0.489 e. The summed E-state index contributed by atoms with van der Waals surface area (Å²) in [7, 11) is 0. The molecule has 0 aliphatic carbocycles. The summed E-state index contributed by atoms with van der Waals surface area (Å²) in [6.07, 6.45) is 0.840. The molecule has 0 radical (unpaired) electrons. The van der Waals surface area contributed by atoms with Crippen LogP contribution >= 0.6 is 0 Å². The lowest BCUT2D eigenvalue weighted by Crippen LogP contribution is -2.51. The normalized spacial score (nSPS) is 17.0. The first-order valence-electron chi connectivity index (χ1n) is 7.98. The fourth-order valence-corrected chi connectivity index (χ4v) is 2.72. The van der Waals surface area contributed by atoms with Crippen molar-refractivity contribution in [3.05, 3.63) is 42.0 Å². The predicted molar refractivity (Wildman–Crippen MR) is 89.6 cm³/mol. The molecule has 120 valence electrons. The molecule has 1 aliphatic rings. The molecule has 1 aliphatic heterocycles. The van der Waals surface area contributed by atoms with Crippen molar-refractivity contribution >= 4 is 5.78 Å². The van der Waals surface area contributed by atoms with Crippen molar-refractivity contribution in [1.29, 1.82) is 0 Å². The summed E-state index contributed by atoms with van der Waals surface area (Å²) in [6, 6.07) is 7.42. The van der Waals surface area contributed by atoms with Gasteiger partial charge in [-0.25, -0.2) is 0 Å². The largest absolute Gasteiger partial charge is 0.489 e. The number of rotatable bonds is 7. The van der Waals surface area contributed by atoms with Crippen LogP contribution in [-0.4, -0.2) is 49.5 Å². The quantitative estimate of drug-likeness (QED) is 0.621. The van der Waals surface area contributed by atoms with E-state index in [0.29, 0.717) is 6.61 Å². The van der Waals surface area contributed by atoms with Gasteiger partial charge in [0.1, 0.15) is 12.4 Å². The average molecular weight is 302 g/mol. The fraction of sp³-hybridized carbons (Fsp3) is 0.500.